The third-order valence-corrected chi connectivity index (χ3v) is 11.8. The van der Waals surface area contributed by atoms with Gasteiger partial charge in [0.05, 0.1) is 11.0 Å². The lowest BCUT2D eigenvalue weighted by molar-refractivity contribution is 0.623. The number of hydrogen-bond donors (Lipinski definition) is 0. The van der Waals surface area contributed by atoms with Crippen molar-refractivity contribution in [1.82, 2.24) is 9.55 Å². The molecule has 2 aromatic heterocycles. The van der Waals surface area contributed by atoms with E-state index in [2.05, 4.69) is 191 Å². The molecule has 4 heteroatoms. The average molecular weight is 754 g/mol. The minimum absolute atomic E-state index is 0.630. The molecule has 0 radical (unpaired) electrons. The number of fused-ring (bicyclic) bond motifs is 10. The molecule has 0 saturated carbocycles. The first kappa shape index (κ1) is 33.2. The van der Waals surface area contributed by atoms with E-state index in [1.165, 1.54) is 43.7 Å². The predicted octanol–water partition coefficient (Wildman–Crippen LogP) is 15.2. The predicted molar refractivity (Wildman–Crippen MR) is 246 cm³/mol. The Morgan fingerprint density at radius 1 is 0.390 bits per heavy atom. The molecule has 0 unspecified atom stereocenters. The number of hydrogen-bond acceptors (Lipinski definition) is 3. The second-order valence-electron chi connectivity index (χ2n) is 15.2. The van der Waals surface area contributed by atoms with Crippen LogP contribution in [0.15, 0.2) is 217 Å². The summed E-state index contributed by atoms with van der Waals surface area (Å²) in [6.45, 7) is 0. The smallest absolute Gasteiger partial charge is 0.227 e. The van der Waals surface area contributed by atoms with Crippen molar-refractivity contribution in [2.24, 2.45) is 0 Å². The van der Waals surface area contributed by atoms with Crippen LogP contribution in [0.5, 0.6) is 0 Å². The highest BCUT2D eigenvalue weighted by Gasteiger charge is 2.20. The van der Waals surface area contributed by atoms with Crippen molar-refractivity contribution in [3.8, 4) is 28.3 Å². The highest BCUT2D eigenvalue weighted by atomic mass is 16.3. The number of para-hydroxylation sites is 2. The summed E-state index contributed by atoms with van der Waals surface area (Å²) in [5.74, 6) is 0.630. The maximum absolute atomic E-state index is 6.62. The number of rotatable bonds is 6. The van der Waals surface area contributed by atoms with Crippen LogP contribution in [0.2, 0.25) is 0 Å². The first-order valence-electron chi connectivity index (χ1n) is 20.0. The maximum atomic E-state index is 6.62. The molecule has 0 bridgehead atoms. The van der Waals surface area contributed by atoms with Gasteiger partial charge in [0.1, 0.15) is 5.52 Å². The molecule has 4 nitrogen and oxygen atoms in total. The Hall–Kier alpha value is -7.95. The standard InChI is InChI=1S/C55H35N3O/c1-4-12-36(13-5-1)37-24-27-43(28-25-37)57(45-30-33-51-48(35-45)47-18-10-11-19-50(47)58(51)42-16-8-3-9-17-42)44-29-31-46-41(34-44)23-22-38-20-21-39-26-32-49-54(53(39)52(38)46)59-55(56-49)40-14-6-2-7-15-40/h1-35H. The maximum Gasteiger partial charge on any atom is 0.227 e. The molecular weight excluding hydrogens is 719 g/mol. The topological polar surface area (TPSA) is 34.2 Å². The van der Waals surface area contributed by atoms with Crippen LogP contribution in [-0.2, 0) is 0 Å². The third kappa shape index (κ3) is 5.42. The van der Waals surface area contributed by atoms with E-state index in [9.17, 15) is 0 Å². The van der Waals surface area contributed by atoms with Gasteiger partial charge in [0.2, 0.25) is 5.89 Å². The highest BCUT2D eigenvalue weighted by molar-refractivity contribution is 6.26. The minimum atomic E-state index is 0.630. The van der Waals surface area contributed by atoms with Gasteiger partial charge in [0, 0.05) is 49.9 Å². The third-order valence-electron chi connectivity index (χ3n) is 11.8. The van der Waals surface area contributed by atoms with Gasteiger partial charge in [-0.05, 0) is 112 Å². The van der Waals surface area contributed by atoms with E-state index in [4.69, 9.17) is 9.40 Å². The van der Waals surface area contributed by atoms with E-state index >= 15 is 0 Å². The van der Waals surface area contributed by atoms with Crippen LogP contribution in [-0.4, -0.2) is 9.55 Å². The van der Waals surface area contributed by atoms with Gasteiger partial charge in [-0.15, -0.1) is 0 Å². The van der Waals surface area contributed by atoms with Gasteiger partial charge in [-0.25, -0.2) is 4.98 Å². The molecule has 2 heterocycles. The summed E-state index contributed by atoms with van der Waals surface area (Å²) in [5.41, 5.74) is 11.8. The molecule has 0 atom stereocenters. The number of nitrogens with zero attached hydrogens (tertiary/aromatic N) is 3. The van der Waals surface area contributed by atoms with Crippen molar-refractivity contribution < 1.29 is 4.42 Å². The molecule has 0 N–H and O–H groups in total. The Labute approximate surface area is 340 Å². The second kappa shape index (κ2) is 13.3. The van der Waals surface area contributed by atoms with E-state index in [-0.39, 0.29) is 0 Å². The highest BCUT2D eigenvalue weighted by Crippen LogP contribution is 2.43. The number of anilines is 3. The molecule has 276 valence electrons. The van der Waals surface area contributed by atoms with Crippen molar-refractivity contribution >= 4 is 82.3 Å². The van der Waals surface area contributed by atoms with Crippen LogP contribution < -0.4 is 4.90 Å². The normalized spacial score (nSPS) is 11.7. The summed E-state index contributed by atoms with van der Waals surface area (Å²) in [4.78, 5) is 7.32. The van der Waals surface area contributed by atoms with Crippen molar-refractivity contribution in [3.05, 3.63) is 212 Å². The van der Waals surface area contributed by atoms with Crippen LogP contribution in [0.1, 0.15) is 0 Å². The van der Waals surface area contributed by atoms with Crippen LogP contribution in [0.4, 0.5) is 17.1 Å². The van der Waals surface area contributed by atoms with E-state index in [0.717, 1.165) is 61.0 Å². The summed E-state index contributed by atoms with van der Waals surface area (Å²) in [6, 6.07) is 75.9. The Balaban J connectivity index is 1.06. The van der Waals surface area contributed by atoms with Gasteiger partial charge >= 0.3 is 0 Å². The number of aromatic nitrogens is 2. The van der Waals surface area contributed by atoms with Crippen molar-refractivity contribution in [2.45, 2.75) is 0 Å². The average Bonchev–Trinajstić information content (AvgIpc) is 3.90. The summed E-state index contributed by atoms with van der Waals surface area (Å²) in [7, 11) is 0. The molecule has 0 amide bonds. The Kier molecular flexibility index (Phi) is 7.50. The van der Waals surface area contributed by atoms with Crippen LogP contribution in [0, 0.1) is 0 Å². The molecule has 59 heavy (non-hydrogen) atoms. The molecular formula is C55H35N3O. The zero-order valence-electron chi connectivity index (χ0n) is 32.0. The molecule has 12 rings (SSSR count). The Morgan fingerprint density at radius 2 is 0.966 bits per heavy atom. The fraction of sp³-hybridized carbons (Fsp3) is 0. The van der Waals surface area contributed by atoms with Gasteiger partial charge in [-0.3, -0.25) is 0 Å². The van der Waals surface area contributed by atoms with Gasteiger partial charge in [0.15, 0.2) is 5.58 Å². The summed E-state index contributed by atoms with van der Waals surface area (Å²) >= 11 is 0. The zero-order valence-corrected chi connectivity index (χ0v) is 32.0. The summed E-state index contributed by atoms with van der Waals surface area (Å²) in [6.07, 6.45) is 0. The first-order valence-corrected chi connectivity index (χ1v) is 20.0. The fourth-order valence-electron chi connectivity index (χ4n) is 9.01. The van der Waals surface area contributed by atoms with Gasteiger partial charge < -0.3 is 13.9 Å². The molecule has 0 saturated heterocycles. The van der Waals surface area contributed by atoms with Crippen molar-refractivity contribution in [3.63, 3.8) is 0 Å². The Bertz CT molecular complexity index is 3530. The SMILES string of the molecule is c1ccc(-c2ccc(N(c3ccc4c(ccc5ccc6ccc7nc(-c8ccccc8)oc7c6c54)c3)c3ccc4c(c3)c3ccccc3n4-c3ccccc3)cc2)cc1. The number of oxazole rings is 1. The monoisotopic (exact) mass is 753 g/mol. The van der Waals surface area contributed by atoms with Crippen LogP contribution in [0.25, 0.3) is 93.5 Å². The lowest BCUT2D eigenvalue weighted by Gasteiger charge is -2.26. The zero-order chi connectivity index (χ0) is 38.9. The molecule has 0 aliphatic heterocycles. The molecule has 0 aliphatic carbocycles. The van der Waals surface area contributed by atoms with Gasteiger partial charge in [-0.1, -0.05) is 133 Å². The first-order chi connectivity index (χ1) is 29.2. The van der Waals surface area contributed by atoms with Gasteiger partial charge in [0.25, 0.3) is 0 Å². The number of benzene rings is 10. The summed E-state index contributed by atoms with van der Waals surface area (Å²) < 4.78 is 8.99. The van der Waals surface area contributed by atoms with Gasteiger partial charge in [-0.2, -0.15) is 0 Å². The quantitative estimate of drug-likeness (QED) is 0.159. The van der Waals surface area contributed by atoms with Crippen molar-refractivity contribution in [1.29, 1.82) is 0 Å². The van der Waals surface area contributed by atoms with E-state index in [1.807, 2.05) is 30.3 Å². The lowest BCUT2D eigenvalue weighted by atomic mass is 9.95. The van der Waals surface area contributed by atoms with Crippen molar-refractivity contribution in [2.75, 3.05) is 4.90 Å². The fourth-order valence-corrected chi connectivity index (χ4v) is 9.01. The Morgan fingerprint density at radius 3 is 1.75 bits per heavy atom. The minimum Gasteiger partial charge on any atom is -0.435 e. The lowest BCUT2D eigenvalue weighted by Crippen LogP contribution is -2.10. The molecule has 0 fully saturated rings. The second-order valence-corrected chi connectivity index (χ2v) is 15.2. The van der Waals surface area contributed by atoms with Crippen LogP contribution in [0.3, 0.4) is 0 Å². The largest absolute Gasteiger partial charge is 0.435 e. The van der Waals surface area contributed by atoms with E-state index in [0.29, 0.717) is 5.89 Å². The summed E-state index contributed by atoms with van der Waals surface area (Å²) in [5, 5.41) is 9.29. The molecule has 0 spiro atoms. The van der Waals surface area contributed by atoms with E-state index < -0.39 is 0 Å². The molecule has 0 aliphatic rings. The van der Waals surface area contributed by atoms with Crippen LogP contribution >= 0.6 is 0 Å². The molecule has 12 aromatic rings. The molecule has 10 aromatic carbocycles. The van der Waals surface area contributed by atoms with E-state index in [1.54, 1.807) is 0 Å².